The second kappa shape index (κ2) is 7.85. The van der Waals surface area contributed by atoms with Gasteiger partial charge in [-0.2, -0.15) is 5.10 Å². The van der Waals surface area contributed by atoms with Crippen molar-refractivity contribution in [1.29, 1.82) is 0 Å². The molecule has 0 spiro atoms. The van der Waals surface area contributed by atoms with E-state index in [1.54, 1.807) is 29.2 Å². The Balaban J connectivity index is 1.45. The Hall–Kier alpha value is -4.13. The highest BCUT2D eigenvalue weighted by molar-refractivity contribution is 5.95. The minimum Gasteiger partial charge on any atom is -0.328 e. The van der Waals surface area contributed by atoms with Crippen LogP contribution in [0.2, 0.25) is 0 Å². The quantitative estimate of drug-likeness (QED) is 0.535. The summed E-state index contributed by atoms with van der Waals surface area (Å²) >= 11 is 0. The summed E-state index contributed by atoms with van der Waals surface area (Å²) in [6, 6.07) is 19.2. The lowest BCUT2D eigenvalue weighted by molar-refractivity contribution is -0.114. The number of anilines is 1. The Bertz CT molecular complexity index is 1290. The molecule has 7 heteroatoms. The number of amides is 2. The van der Waals surface area contributed by atoms with Gasteiger partial charge in [0.05, 0.1) is 24.5 Å². The number of hydrogen-bond donors (Lipinski definition) is 1. The number of nitrogens with zero attached hydrogens (tertiary/aromatic N) is 4. The summed E-state index contributed by atoms with van der Waals surface area (Å²) in [6.07, 6.45) is 3.99. The molecule has 0 radical (unpaired) electrons. The molecule has 0 atom stereocenters. The summed E-state index contributed by atoms with van der Waals surface area (Å²) in [5.41, 5.74) is 5.38. The van der Waals surface area contributed by atoms with Crippen LogP contribution >= 0.6 is 0 Å². The molecular weight excluding hydrogens is 402 g/mol. The number of carbonyl (C=O) groups excluding carboxylic acids is 2. The lowest BCUT2D eigenvalue weighted by atomic mass is 10.2. The number of rotatable bonds is 4. The standard InChI is InChI=1S/C25H23N5O2/c1-17-5-11-21(12-6-17)30-24(28-13-3-4-14-28)22-15-29(16-23(22)27-30)25(32)19-7-9-20(10-8-19)26-18(2)31/h3-14H,15-16H2,1-2H3,(H,26,31). The van der Waals surface area contributed by atoms with Crippen LogP contribution < -0.4 is 5.32 Å². The Kier molecular flexibility index (Phi) is 4.86. The van der Waals surface area contributed by atoms with Crippen LogP contribution in [-0.2, 0) is 17.9 Å². The molecule has 1 aliphatic heterocycles. The van der Waals surface area contributed by atoms with Gasteiger partial charge in [0.1, 0.15) is 5.82 Å². The number of benzene rings is 2. The SMILES string of the molecule is CC(=O)Nc1ccc(C(=O)N2Cc3nn(-c4ccc(C)cc4)c(-n4cccc4)c3C2)cc1. The summed E-state index contributed by atoms with van der Waals surface area (Å²) in [7, 11) is 0. The molecule has 1 aliphatic rings. The van der Waals surface area contributed by atoms with E-state index in [0.717, 1.165) is 22.8 Å². The van der Waals surface area contributed by atoms with Gasteiger partial charge in [0.25, 0.3) is 5.91 Å². The Morgan fingerprint density at radius 2 is 1.62 bits per heavy atom. The fraction of sp³-hybridized carbons (Fsp3) is 0.160. The van der Waals surface area contributed by atoms with Crippen LogP contribution in [-0.4, -0.2) is 31.1 Å². The molecule has 0 unspecified atom stereocenters. The topological polar surface area (TPSA) is 72.2 Å². The van der Waals surface area contributed by atoms with E-state index < -0.39 is 0 Å². The molecule has 2 aromatic carbocycles. The number of fused-ring (bicyclic) bond motifs is 1. The maximum absolute atomic E-state index is 13.1. The van der Waals surface area contributed by atoms with Gasteiger partial charge in [0.15, 0.2) is 0 Å². The summed E-state index contributed by atoms with van der Waals surface area (Å²) in [4.78, 5) is 26.2. The third kappa shape index (κ3) is 3.58. The molecule has 3 heterocycles. The molecule has 0 saturated heterocycles. The van der Waals surface area contributed by atoms with E-state index in [1.807, 2.05) is 33.8 Å². The van der Waals surface area contributed by atoms with Crippen molar-refractivity contribution in [2.45, 2.75) is 26.9 Å². The first-order chi connectivity index (χ1) is 15.5. The second-order valence-corrected chi connectivity index (χ2v) is 8.01. The number of hydrogen-bond acceptors (Lipinski definition) is 3. The number of nitrogens with one attached hydrogen (secondary N) is 1. The fourth-order valence-corrected chi connectivity index (χ4v) is 4.03. The fourth-order valence-electron chi connectivity index (χ4n) is 4.03. The van der Waals surface area contributed by atoms with Gasteiger partial charge in [-0.15, -0.1) is 0 Å². The Morgan fingerprint density at radius 1 is 0.938 bits per heavy atom. The van der Waals surface area contributed by atoms with Gasteiger partial charge in [-0.25, -0.2) is 4.68 Å². The van der Waals surface area contributed by atoms with Gasteiger partial charge >= 0.3 is 0 Å². The highest BCUT2D eigenvalue weighted by atomic mass is 16.2. The van der Waals surface area contributed by atoms with Crippen LogP contribution in [0.3, 0.4) is 0 Å². The van der Waals surface area contributed by atoms with Gasteiger partial charge in [-0.3, -0.25) is 9.59 Å². The first kappa shape index (κ1) is 19.8. The summed E-state index contributed by atoms with van der Waals surface area (Å²) in [5.74, 6) is 0.750. The second-order valence-electron chi connectivity index (χ2n) is 8.01. The molecule has 32 heavy (non-hydrogen) atoms. The minimum absolute atomic E-state index is 0.0577. The first-order valence-corrected chi connectivity index (χ1v) is 10.5. The van der Waals surface area contributed by atoms with Crippen molar-refractivity contribution < 1.29 is 9.59 Å². The molecular formula is C25H23N5O2. The van der Waals surface area contributed by atoms with Gasteiger partial charge in [-0.1, -0.05) is 17.7 Å². The molecule has 4 aromatic rings. The van der Waals surface area contributed by atoms with Crippen molar-refractivity contribution in [2.75, 3.05) is 5.32 Å². The van der Waals surface area contributed by atoms with Crippen LogP contribution in [0.1, 0.15) is 34.1 Å². The van der Waals surface area contributed by atoms with Crippen molar-refractivity contribution in [3.05, 3.63) is 95.4 Å². The van der Waals surface area contributed by atoms with Crippen LogP contribution in [0.5, 0.6) is 0 Å². The van der Waals surface area contributed by atoms with E-state index in [2.05, 4.69) is 36.5 Å². The molecule has 7 nitrogen and oxygen atoms in total. The van der Waals surface area contributed by atoms with Gasteiger partial charge in [0, 0.05) is 36.1 Å². The molecule has 2 aromatic heterocycles. The van der Waals surface area contributed by atoms with Gasteiger partial charge in [0.2, 0.25) is 5.91 Å². The van der Waals surface area contributed by atoms with Crippen molar-refractivity contribution in [3.8, 4) is 11.5 Å². The van der Waals surface area contributed by atoms with E-state index in [9.17, 15) is 9.59 Å². The summed E-state index contributed by atoms with van der Waals surface area (Å²) in [6.45, 7) is 4.46. The lowest BCUT2D eigenvalue weighted by Crippen LogP contribution is -2.26. The number of carbonyl (C=O) groups is 2. The maximum Gasteiger partial charge on any atom is 0.254 e. The van der Waals surface area contributed by atoms with E-state index in [-0.39, 0.29) is 11.8 Å². The molecule has 160 valence electrons. The van der Waals surface area contributed by atoms with E-state index in [4.69, 9.17) is 5.10 Å². The van der Waals surface area contributed by atoms with Gasteiger partial charge in [-0.05, 0) is 55.5 Å². The zero-order valence-electron chi connectivity index (χ0n) is 17.9. The minimum atomic E-state index is -0.142. The Morgan fingerprint density at radius 3 is 2.28 bits per heavy atom. The summed E-state index contributed by atoms with van der Waals surface area (Å²) < 4.78 is 4.00. The van der Waals surface area contributed by atoms with E-state index in [0.29, 0.717) is 24.3 Å². The highest BCUT2D eigenvalue weighted by Gasteiger charge is 2.31. The van der Waals surface area contributed by atoms with Crippen molar-refractivity contribution in [3.63, 3.8) is 0 Å². The molecule has 0 aliphatic carbocycles. The molecule has 0 bridgehead atoms. The molecule has 1 N–H and O–H groups in total. The molecule has 2 amide bonds. The van der Waals surface area contributed by atoms with Crippen LogP contribution in [0, 0.1) is 6.92 Å². The molecule has 5 rings (SSSR count). The van der Waals surface area contributed by atoms with Crippen LogP contribution in [0.25, 0.3) is 11.5 Å². The van der Waals surface area contributed by atoms with Crippen LogP contribution in [0.15, 0.2) is 73.1 Å². The first-order valence-electron chi connectivity index (χ1n) is 10.5. The molecule has 0 saturated carbocycles. The number of aryl methyl sites for hydroxylation is 1. The predicted molar refractivity (Wildman–Crippen MR) is 122 cm³/mol. The lowest BCUT2D eigenvalue weighted by Gasteiger charge is -2.18. The third-order valence-corrected chi connectivity index (χ3v) is 5.60. The smallest absolute Gasteiger partial charge is 0.254 e. The van der Waals surface area contributed by atoms with Crippen molar-refractivity contribution >= 4 is 17.5 Å². The van der Waals surface area contributed by atoms with E-state index in [1.165, 1.54) is 12.5 Å². The van der Waals surface area contributed by atoms with Crippen LogP contribution in [0.4, 0.5) is 5.69 Å². The third-order valence-electron chi connectivity index (χ3n) is 5.60. The maximum atomic E-state index is 13.1. The normalized spacial score (nSPS) is 12.6. The number of aromatic nitrogens is 3. The zero-order valence-corrected chi connectivity index (χ0v) is 17.9. The van der Waals surface area contributed by atoms with Crippen molar-refractivity contribution in [2.24, 2.45) is 0 Å². The average molecular weight is 425 g/mol. The van der Waals surface area contributed by atoms with E-state index >= 15 is 0 Å². The molecule has 0 fully saturated rings. The summed E-state index contributed by atoms with van der Waals surface area (Å²) in [5, 5.41) is 7.59. The predicted octanol–water partition coefficient (Wildman–Crippen LogP) is 4.09. The Labute approximate surface area is 185 Å². The largest absolute Gasteiger partial charge is 0.328 e. The highest BCUT2D eigenvalue weighted by Crippen LogP contribution is 2.31. The zero-order chi connectivity index (χ0) is 22.2. The van der Waals surface area contributed by atoms with Gasteiger partial charge < -0.3 is 14.8 Å². The average Bonchev–Trinajstić information content (AvgIpc) is 3.50. The van der Waals surface area contributed by atoms with Crippen molar-refractivity contribution in [1.82, 2.24) is 19.2 Å². The monoisotopic (exact) mass is 425 g/mol.